The summed E-state index contributed by atoms with van der Waals surface area (Å²) < 4.78 is 31.6. The topological polar surface area (TPSA) is 69.2 Å². The van der Waals surface area contributed by atoms with Crippen molar-refractivity contribution in [3.63, 3.8) is 0 Å². The minimum Gasteiger partial charge on any atom is -0.492 e. The largest absolute Gasteiger partial charge is 0.492 e. The number of ether oxygens (including phenoxy) is 1. The number of nitrogens with one attached hydrogen (secondary N) is 2. The maximum atomic E-state index is 13.2. The summed E-state index contributed by atoms with van der Waals surface area (Å²) in [4.78, 5) is 20.7. The van der Waals surface area contributed by atoms with Gasteiger partial charge in [-0.2, -0.15) is 0 Å². The fourth-order valence-corrected chi connectivity index (χ4v) is 3.00. The Bertz CT molecular complexity index is 691. The van der Waals surface area contributed by atoms with Gasteiger partial charge in [-0.3, -0.25) is 9.69 Å². The second-order valence-corrected chi connectivity index (χ2v) is 7.15. The lowest BCUT2D eigenvalue weighted by Gasteiger charge is -2.36. The molecule has 2 rings (SSSR count). The van der Waals surface area contributed by atoms with E-state index in [4.69, 9.17) is 4.74 Å². The normalized spacial score (nSPS) is 15.5. The number of piperazine rings is 1. The van der Waals surface area contributed by atoms with Gasteiger partial charge in [0.05, 0.1) is 13.1 Å². The van der Waals surface area contributed by atoms with Crippen LogP contribution in [0.15, 0.2) is 23.2 Å². The summed E-state index contributed by atoms with van der Waals surface area (Å²) >= 11 is 0. The number of carbonyl (C=O) groups excluding carboxylic acids is 1. The summed E-state index contributed by atoms with van der Waals surface area (Å²) in [6.45, 7) is 10.8. The monoisotopic (exact) mass is 411 g/mol. The van der Waals surface area contributed by atoms with Crippen LogP contribution in [-0.2, 0) is 4.79 Å². The summed E-state index contributed by atoms with van der Waals surface area (Å²) in [5.41, 5.74) is 0. The third-order valence-corrected chi connectivity index (χ3v) is 4.34. The summed E-state index contributed by atoms with van der Waals surface area (Å²) in [7, 11) is 0. The van der Waals surface area contributed by atoms with Crippen molar-refractivity contribution in [1.82, 2.24) is 20.4 Å². The van der Waals surface area contributed by atoms with Crippen LogP contribution in [-0.4, -0.2) is 80.1 Å². The van der Waals surface area contributed by atoms with Gasteiger partial charge in [-0.15, -0.1) is 0 Å². The Morgan fingerprint density at radius 1 is 1.21 bits per heavy atom. The average molecular weight is 411 g/mol. The van der Waals surface area contributed by atoms with Crippen molar-refractivity contribution in [2.75, 3.05) is 52.4 Å². The van der Waals surface area contributed by atoms with E-state index in [9.17, 15) is 13.6 Å². The van der Waals surface area contributed by atoms with E-state index in [1.54, 1.807) is 0 Å². The van der Waals surface area contributed by atoms with Crippen LogP contribution < -0.4 is 15.4 Å². The third-order valence-electron chi connectivity index (χ3n) is 4.34. The Balaban J connectivity index is 1.79. The van der Waals surface area contributed by atoms with Crippen molar-refractivity contribution in [3.8, 4) is 5.75 Å². The Hall–Kier alpha value is -2.42. The molecule has 0 aliphatic carbocycles. The van der Waals surface area contributed by atoms with E-state index >= 15 is 0 Å². The van der Waals surface area contributed by atoms with Crippen LogP contribution in [0.4, 0.5) is 8.78 Å². The molecular weight excluding hydrogens is 380 g/mol. The van der Waals surface area contributed by atoms with Crippen molar-refractivity contribution in [2.45, 2.75) is 26.8 Å². The minimum absolute atomic E-state index is 0.0448. The van der Waals surface area contributed by atoms with E-state index in [0.717, 1.165) is 50.8 Å². The van der Waals surface area contributed by atoms with E-state index in [-0.39, 0.29) is 24.3 Å². The highest BCUT2D eigenvalue weighted by Crippen LogP contribution is 2.15. The van der Waals surface area contributed by atoms with Crippen molar-refractivity contribution in [1.29, 1.82) is 0 Å². The van der Waals surface area contributed by atoms with E-state index < -0.39 is 11.6 Å². The molecule has 29 heavy (non-hydrogen) atoms. The van der Waals surface area contributed by atoms with Crippen LogP contribution in [0.3, 0.4) is 0 Å². The number of amides is 1. The first-order valence-corrected chi connectivity index (χ1v) is 10.0. The molecule has 1 aromatic carbocycles. The second kappa shape index (κ2) is 11.5. The molecule has 0 radical (unpaired) electrons. The molecule has 0 unspecified atom stereocenters. The van der Waals surface area contributed by atoms with E-state index in [1.807, 2.05) is 20.8 Å². The van der Waals surface area contributed by atoms with Crippen molar-refractivity contribution in [2.24, 2.45) is 4.99 Å². The zero-order valence-electron chi connectivity index (χ0n) is 17.4. The third kappa shape index (κ3) is 7.84. The van der Waals surface area contributed by atoms with Gasteiger partial charge in [-0.25, -0.2) is 13.8 Å². The molecule has 1 aromatic rings. The zero-order chi connectivity index (χ0) is 21.2. The smallest absolute Gasteiger partial charge is 0.234 e. The molecule has 0 spiro atoms. The van der Waals surface area contributed by atoms with Crippen LogP contribution in [0.1, 0.15) is 20.8 Å². The number of nitrogens with zero attached hydrogens (tertiary/aromatic N) is 3. The fraction of sp³-hybridized carbons (Fsp3) is 0.600. The molecule has 1 amide bonds. The summed E-state index contributed by atoms with van der Waals surface area (Å²) in [6, 6.07) is 3.60. The van der Waals surface area contributed by atoms with Crippen LogP contribution in [0, 0.1) is 11.6 Å². The molecule has 1 fully saturated rings. The standard InChI is InChI=1S/C20H31F2N5O2/c1-4-23-20(24-7-12-29-16-5-6-17(21)18(22)13-16)27-10-8-26(9-11-27)14-19(28)25-15(2)3/h5-6,13,15H,4,7-12,14H2,1-3H3,(H,23,24)(H,25,28). The van der Waals surface area contributed by atoms with Crippen LogP contribution in [0.25, 0.3) is 0 Å². The molecule has 1 heterocycles. The van der Waals surface area contributed by atoms with Gasteiger partial charge in [0.2, 0.25) is 5.91 Å². The number of hydrogen-bond acceptors (Lipinski definition) is 4. The van der Waals surface area contributed by atoms with Crippen LogP contribution in [0.5, 0.6) is 5.75 Å². The van der Waals surface area contributed by atoms with Gasteiger partial charge in [0.15, 0.2) is 17.6 Å². The Labute approximate surface area is 171 Å². The SMILES string of the molecule is CCNC(=NCCOc1ccc(F)c(F)c1)N1CCN(CC(=O)NC(C)C)CC1. The van der Waals surface area contributed by atoms with Crippen molar-refractivity contribution >= 4 is 11.9 Å². The highest BCUT2D eigenvalue weighted by Gasteiger charge is 2.21. The lowest BCUT2D eigenvalue weighted by molar-refractivity contribution is -0.123. The molecule has 0 saturated carbocycles. The van der Waals surface area contributed by atoms with E-state index in [2.05, 4.69) is 25.4 Å². The van der Waals surface area contributed by atoms with E-state index in [1.165, 1.54) is 6.07 Å². The van der Waals surface area contributed by atoms with Gasteiger partial charge < -0.3 is 20.3 Å². The molecule has 0 aromatic heterocycles. The molecule has 0 atom stereocenters. The summed E-state index contributed by atoms with van der Waals surface area (Å²) in [6.07, 6.45) is 0. The first kappa shape index (κ1) is 22.9. The second-order valence-electron chi connectivity index (χ2n) is 7.15. The maximum absolute atomic E-state index is 13.2. The van der Waals surface area contributed by atoms with Gasteiger partial charge >= 0.3 is 0 Å². The lowest BCUT2D eigenvalue weighted by atomic mass is 10.3. The maximum Gasteiger partial charge on any atom is 0.234 e. The van der Waals surface area contributed by atoms with Crippen molar-refractivity contribution in [3.05, 3.63) is 29.8 Å². The quantitative estimate of drug-likeness (QED) is 0.385. The highest BCUT2D eigenvalue weighted by molar-refractivity contribution is 5.80. The number of halogens is 2. The van der Waals surface area contributed by atoms with Gasteiger partial charge in [-0.05, 0) is 32.9 Å². The molecule has 1 aliphatic heterocycles. The Kier molecular flexibility index (Phi) is 9.11. The Morgan fingerprint density at radius 2 is 1.93 bits per heavy atom. The predicted molar refractivity (Wildman–Crippen MR) is 109 cm³/mol. The highest BCUT2D eigenvalue weighted by atomic mass is 19.2. The van der Waals surface area contributed by atoms with Gasteiger partial charge in [0, 0.05) is 44.8 Å². The molecule has 9 heteroatoms. The number of benzene rings is 1. The first-order chi connectivity index (χ1) is 13.9. The van der Waals surface area contributed by atoms with E-state index in [0.29, 0.717) is 13.1 Å². The predicted octanol–water partition coefficient (Wildman–Crippen LogP) is 1.45. The van der Waals surface area contributed by atoms with Crippen LogP contribution >= 0.6 is 0 Å². The Morgan fingerprint density at radius 3 is 2.55 bits per heavy atom. The molecule has 1 saturated heterocycles. The first-order valence-electron chi connectivity index (χ1n) is 10.0. The number of aliphatic imine (C=N–C) groups is 1. The average Bonchev–Trinajstić information content (AvgIpc) is 2.67. The molecule has 7 nitrogen and oxygen atoms in total. The van der Waals surface area contributed by atoms with Gasteiger partial charge in [0.1, 0.15) is 12.4 Å². The zero-order valence-corrected chi connectivity index (χ0v) is 17.4. The summed E-state index contributed by atoms with van der Waals surface area (Å²) in [5.74, 6) is -0.724. The number of guanidine groups is 1. The number of hydrogen-bond donors (Lipinski definition) is 2. The van der Waals surface area contributed by atoms with Gasteiger partial charge in [-0.1, -0.05) is 0 Å². The van der Waals surface area contributed by atoms with Crippen LogP contribution in [0.2, 0.25) is 0 Å². The summed E-state index contributed by atoms with van der Waals surface area (Å²) in [5, 5.41) is 6.17. The molecular formula is C20H31F2N5O2. The molecule has 2 N–H and O–H groups in total. The molecule has 0 bridgehead atoms. The molecule has 1 aliphatic rings. The van der Waals surface area contributed by atoms with Crippen molar-refractivity contribution < 1.29 is 18.3 Å². The van der Waals surface area contributed by atoms with Gasteiger partial charge in [0.25, 0.3) is 0 Å². The molecule has 162 valence electrons. The lowest BCUT2D eigenvalue weighted by Crippen LogP contribution is -2.54. The fourth-order valence-electron chi connectivity index (χ4n) is 3.00. The minimum atomic E-state index is -0.931. The number of carbonyl (C=O) groups is 1. The number of rotatable bonds is 8.